The molecule has 0 aliphatic carbocycles. The minimum absolute atomic E-state index is 0.209. The molecule has 1 aromatic rings. The molecule has 0 bridgehead atoms. The highest BCUT2D eigenvalue weighted by Gasteiger charge is 2.25. The first-order valence-corrected chi connectivity index (χ1v) is 6.46. The second-order valence-electron chi connectivity index (χ2n) is 3.64. The lowest BCUT2D eigenvalue weighted by Gasteiger charge is -2.05. The van der Waals surface area contributed by atoms with E-state index in [1.165, 1.54) is 17.3 Å². The van der Waals surface area contributed by atoms with Crippen molar-refractivity contribution in [1.82, 2.24) is 5.32 Å². The summed E-state index contributed by atoms with van der Waals surface area (Å²) in [6, 6.07) is 7.87. The van der Waals surface area contributed by atoms with E-state index >= 15 is 0 Å². The van der Waals surface area contributed by atoms with Crippen molar-refractivity contribution in [2.24, 2.45) is 5.73 Å². The third kappa shape index (κ3) is 2.50. The number of benzene rings is 1. The fraction of sp³-hybridized carbons (Fsp3) is 0.167. The van der Waals surface area contributed by atoms with Gasteiger partial charge in [-0.15, -0.1) is 0 Å². The van der Waals surface area contributed by atoms with Gasteiger partial charge in [-0.25, -0.2) is 0 Å². The fourth-order valence-corrected chi connectivity index (χ4v) is 2.62. The van der Waals surface area contributed by atoms with Gasteiger partial charge in [0.15, 0.2) is 0 Å². The van der Waals surface area contributed by atoms with Gasteiger partial charge in [0.2, 0.25) is 0 Å². The number of carbonyl (C=O) groups is 1. The van der Waals surface area contributed by atoms with Gasteiger partial charge in [-0.3, -0.25) is 4.79 Å². The number of aryl methyl sites for hydroxylation is 1. The molecule has 1 saturated heterocycles. The van der Waals surface area contributed by atoms with Crippen LogP contribution in [0.4, 0.5) is 0 Å². The van der Waals surface area contributed by atoms with Crippen LogP contribution in [0.15, 0.2) is 29.2 Å². The van der Waals surface area contributed by atoms with Crippen molar-refractivity contribution in [2.75, 3.05) is 0 Å². The molecule has 0 saturated carbocycles. The van der Waals surface area contributed by atoms with Crippen LogP contribution in [0.25, 0.3) is 5.70 Å². The summed E-state index contributed by atoms with van der Waals surface area (Å²) in [5.74, 6) is -0.209. The van der Waals surface area contributed by atoms with Gasteiger partial charge in [-0.2, -0.15) is 0 Å². The summed E-state index contributed by atoms with van der Waals surface area (Å²) in [6.45, 7) is 2.08. The van der Waals surface area contributed by atoms with Crippen LogP contribution < -0.4 is 11.1 Å². The third-order valence-corrected chi connectivity index (χ3v) is 3.76. The molecule has 1 heterocycles. The number of nitrogens with two attached hydrogens (primary N) is 1. The van der Waals surface area contributed by atoms with E-state index in [9.17, 15) is 4.79 Å². The van der Waals surface area contributed by atoms with Crippen molar-refractivity contribution in [3.8, 4) is 0 Å². The molecule has 1 aliphatic rings. The van der Waals surface area contributed by atoms with Crippen LogP contribution in [0, 0.1) is 0 Å². The second kappa shape index (κ2) is 4.89. The number of hydrogen-bond acceptors (Lipinski definition) is 4. The number of nitrogens with one attached hydrogen (secondary N) is 1. The Morgan fingerprint density at radius 2 is 2.29 bits per heavy atom. The zero-order chi connectivity index (χ0) is 12.4. The molecule has 0 atom stereocenters. The number of amides is 1. The van der Waals surface area contributed by atoms with E-state index in [1.54, 1.807) is 0 Å². The Morgan fingerprint density at radius 1 is 1.53 bits per heavy atom. The minimum Gasteiger partial charge on any atom is -0.397 e. The van der Waals surface area contributed by atoms with Gasteiger partial charge in [-0.05, 0) is 23.6 Å². The molecule has 3 nitrogen and oxygen atoms in total. The maximum Gasteiger partial charge on any atom is 0.265 e. The Labute approximate surface area is 109 Å². The van der Waals surface area contributed by atoms with Crippen molar-refractivity contribution in [2.45, 2.75) is 13.3 Å². The minimum atomic E-state index is -0.209. The lowest BCUT2D eigenvalue weighted by Crippen LogP contribution is -2.19. The number of thiocarbonyl (C=S) groups is 1. The summed E-state index contributed by atoms with van der Waals surface area (Å²) in [6.07, 6.45) is 0.939. The van der Waals surface area contributed by atoms with E-state index in [-0.39, 0.29) is 5.91 Å². The van der Waals surface area contributed by atoms with Crippen molar-refractivity contribution >= 4 is 39.9 Å². The summed E-state index contributed by atoms with van der Waals surface area (Å²) >= 11 is 6.15. The predicted octanol–water partition coefficient (Wildman–Crippen LogP) is 2.02. The largest absolute Gasteiger partial charge is 0.397 e. The average molecular weight is 264 g/mol. The SMILES string of the molecule is CCc1cccc(C(N)=C2SC(=S)NC2=O)c1. The van der Waals surface area contributed by atoms with E-state index in [2.05, 4.69) is 12.2 Å². The van der Waals surface area contributed by atoms with Gasteiger partial charge in [0.05, 0.1) is 5.70 Å². The van der Waals surface area contributed by atoms with Gasteiger partial charge in [0, 0.05) is 0 Å². The van der Waals surface area contributed by atoms with Gasteiger partial charge >= 0.3 is 0 Å². The van der Waals surface area contributed by atoms with E-state index < -0.39 is 0 Å². The van der Waals surface area contributed by atoms with Crippen LogP contribution >= 0.6 is 24.0 Å². The second-order valence-corrected chi connectivity index (χ2v) is 5.33. The van der Waals surface area contributed by atoms with E-state index in [1.807, 2.05) is 24.3 Å². The molecule has 0 spiro atoms. The Balaban J connectivity index is 2.42. The molecular weight excluding hydrogens is 252 g/mol. The lowest BCUT2D eigenvalue weighted by atomic mass is 10.1. The highest BCUT2D eigenvalue weighted by molar-refractivity contribution is 8.26. The summed E-state index contributed by atoms with van der Waals surface area (Å²) in [7, 11) is 0. The highest BCUT2D eigenvalue weighted by atomic mass is 32.2. The number of rotatable bonds is 2. The molecule has 1 amide bonds. The topological polar surface area (TPSA) is 55.1 Å². The fourth-order valence-electron chi connectivity index (χ4n) is 1.58. The lowest BCUT2D eigenvalue weighted by molar-refractivity contribution is -0.115. The molecule has 0 aromatic heterocycles. The van der Waals surface area contributed by atoms with E-state index in [0.29, 0.717) is 14.9 Å². The summed E-state index contributed by atoms with van der Waals surface area (Å²) in [4.78, 5) is 12.1. The molecule has 5 heteroatoms. The maximum absolute atomic E-state index is 11.6. The zero-order valence-corrected chi connectivity index (χ0v) is 11.0. The quantitative estimate of drug-likeness (QED) is 0.634. The third-order valence-electron chi connectivity index (χ3n) is 2.51. The van der Waals surface area contributed by atoms with Crippen molar-refractivity contribution in [3.05, 3.63) is 40.3 Å². The highest BCUT2D eigenvalue weighted by Crippen LogP contribution is 2.29. The standard InChI is InChI=1S/C12H12N2OS2/c1-2-7-4-3-5-8(6-7)9(13)10-11(15)14-12(16)17-10/h3-6H,2,13H2,1H3,(H,14,15,16). The summed E-state index contributed by atoms with van der Waals surface area (Å²) in [5, 5.41) is 2.56. The van der Waals surface area contributed by atoms with Gasteiger partial charge in [-0.1, -0.05) is 49.1 Å². The molecule has 2 rings (SSSR count). The number of thioether (sulfide) groups is 1. The first-order chi connectivity index (χ1) is 8.11. The molecule has 1 fully saturated rings. The Morgan fingerprint density at radius 3 is 2.88 bits per heavy atom. The Kier molecular flexibility index (Phi) is 3.49. The predicted molar refractivity (Wildman–Crippen MR) is 75.3 cm³/mol. The average Bonchev–Trinajstić information content (AvgIpc) is 2.67. The molecule has 0 radical (unpaired) electrons. The molecule has 88 valence electrons. The Hall–Kier alpha value is -1.33. The van der Waals surface area contributed by atoms with Crippen molar-refractivity contribution in [1.29, 1.82) is 0 Å². The van der Waals surface area contributed by atoms with E-state index in [0.717, 1.165) is 12.0 Å². The Bertz CT molecular complexity index is 523. The molecule has 3 N–H and O–H groups in total. The zero-order valence-electron chi connectivity index (χ0n) is 9.32. The van der Waals surface area contributed by atoms with E-state index in [4.69, 9.17) is 18.0 Å². The number of carbonyl (C=O) groups excluding carboxylic acids is 1. The monoisotopic (exact) mass is 264 g/mol. The van der Waals surface area contributed by atoms with Gasteiger partial charge in [0.25, 0.3) is 5.91 Å². The normalized spacial score (nSPS) is 18.2. The van der Waals surface area contributed by atoms with Crippen LogP contribution in [0.1, 0.15) is 18.1 Å². The van der Waals surface area contributed by atoms with Crippen molar-refractivity contribution in [3.63, 3.8) is 0 Å². The summed E-state index contributed by atoms with van der Waals surface area (Å²) < 4.78 is 0.458. The smallest absolute Gasteiger partial charge is 0.265 e. The molecule has 1 aliphatic heterocycles. The molecular formula is C12H12N2OS2. The van der Waals surface area contributed by atoms with Gasteiger partial charge < -0.3 is 11.1 Å². The van der Waals surface area contributed by atoms with Crippen LogP contribution in [-0.2, 0) is 11.2 Å². The van der Waals surface area contributed by atoms with Crippen LogP contribution in [0.2, 0.25) is 0 Å². The first-order valence-electron chi connectivity index (χ1n) is 5.24. The summed E-state index contributed by atoms with van der Waals surface area (Å²) in [5.41, 5.74) is 8.56. The first kappa shape index (κ1) is 12.1. The number of hydrogen-bond donors (Lipinski definition) is 2. The van der Waals surface area contributed by atoms with Crippen LogP contribution in [-0.4, -0.2) is 10.2 Å². The van der Waals surface area contributed by atoms with Crippen LogP contribution in [0.3, 0.4) is 0 Å². The van der Waals surface area contributed by atoms with Crippen LogP contribution in [0.5, 0.6) is 0 Å². The molecule has 1 aromatic carbocycles. The molecule has 0 unspecified atom stereocenters. The van der Waals surface area contributed by atoms with Gasteiger partial charge in [0.1, 0.15) is 9.23 Å². The maximum atomic E-state index is 11.6. The molecule has 17 heavy (non-hydrogen) atoms. The van der Waals surface area contributed by atoms with Crippen molar-refractivity contribution < 1.29 is 4.79 Å².